The molecule has 1 fully saturated rings. The number of H-pyrrole nitrogens is 1. The summed E-state index contributed by atoms with van der Waals surface area (Å²) in [6.07, 6.45) is 5.01. The number of rotatable bonds is 8. The van der Waals surface area contributed by atoms with Gasteiger partial charge in [-0.3, -0.25) is 14.4 Å². The minimum Gasteiger partial charge on any atom is -0.369 e. The SMILES string of the molecule is Cn1cc(NC(=O)c2nc(NC(=O)c3nc4ccccc4n3C)cn2C)cc1C(=O)Nc1cc(-c2nc3cc(N4CCNCC4)ccc3[nH]2)n(C)c1. The van der Waals surface area contributed by atoms with E-state index in [1.807, 2.05) is 48.1 Å². The van der Waals surface area contributed by atoms with Crippen LogP contribution in [0, 0.1) is 0 Å². The molecule has 264 valence electrons. The number of aromatic nitrogens is 8. The monoisotopic (exact) mass is 699 g/mol. The molecule has 1 aliphatic heterocycles. The number of anilines is 4. The highest BCUT2D eigenvalue weighted by Gasteiger charge is 2.22. The molecule has 16 nitrogen and oxygen atoms in total. The zero-order valence-electron chi connectivity index (χ0n) is 29.1. The Kier molecular flexibility index (Phi) is 8.06. The molecule has 6 heterocycles. The molecule has 1 saturated heterocycles. The average Bonchev–Trinajstić information content (AvgIpc) is 3.95. The Morgan fingerprint density at radius 3 is 2.23 bits per heavy atom. The summed E-state index contributed by atoms with van der Waals surface area (Å²) >= 11 is 0. The van der Waals surface area contributed by atoms with Gasteiger partial charge in [-0.2, -0.15) is 0 Å². The van der Waals surface area contributed by atoms with E-state index in [0.29, 0.717) is 28.4 Å². The first kappa shape index (κ1) is 32.5. The second kappa shape index (κ2) is 12.9. The molecule has 3 amide bonds. The molecule has 5 aromatic heterocycles. The highest BCUT2D eigenvalue weighted by molar-refractivity contribution is 6.07. The summed E-state index contributed by atoms with van der Waals surface area (Å²) in [6.45, 7) is 3.83. The molecule has 52 heavy (non-hydrogen) atoms. The van der Waals surface area contributed by atoms with Crippen molar-refractivity contribution in [3.05, 3.63) is 90.5 Å². The van der Waals surface area contributed by atoms with Crippen molar-refractivity contribution in [3.8, 4) is 11.5 Å². The van der Waals surface area contributed by atoms with Crippen molar-refractivity contribution in [1.82, 2.24) is 43.5 Å². The number of nitrogens with zero attached hydrogens (tertiary/aromatic N) is 8. The molecule has 0 aliphatic carbocycles. The van der Waals surface area contributed by atoms with Crippen LogP contribution >= 0.6 is 0 Å². The van der Waals surface area contributed by atoms with Crippen molar-refractivity contribution in [2.75, 3.05) is 47.0 Å². The number of fused-ring (bicyclic) bond motifs is 2. The molecule has 0 radical (unpaired) electrons. The van der Waals surface area contributed by atoms with Gasteiger partial charge in [-0.15, -0.1) is 0 Å². The highest BCUT2D eigenvalue weighted by Crippen LogP contribution is 2.28. The predicted molar refractivity (Wildman–Crippen MR) is 199 cm³/mol. The normalized spacial score (nSPS) is 13.2. The van der Waals surface area contributed by atoms with Crippen molar-refractivity contribution in [2.24, 2.45) is 28.2 Å². The summed E-state index contributed by atoms with van der Waals surface area (Å²) in [4.78, 5) is 59.0. The Morgan fingerprint density at radius 1 is 0.692 bits per heavy atom. The topological polar surface area (TPSA) is 177 Å². The van der Waals surface area contributed by atoms with Gasteiger partial charge >= 0.3 is 0 Å². The minimum absolute atomic E-state index is 0.0672. The van der Waals surface area contributed by atoms with Gasteiger partial charge in [0.05, 0.1) is 39.1 Å². The summed E-state index contributed by atoms with van der Waals surface area (Å²) in [5.41, 5.74) is 6.62. The van der Waals surface area contributed by atoms with Gasteiger partial charge in [0.25, 0.3) is 17.7 Å². The first-order valence-corrected chi connectivity index (χ1v) is 16.8. The molecule has 7 aromatic rings. The minimum atomic E-state index is -0.512. The van der Waals surface area contributed by atoms with Crippen LogP contribution in [0.2, 0.25) is 0 Å². The molecular formula is C36H37N13O3. The largest absolute Gasteiger partial charge is 0.369 e. The van der Waals surface area contributed by atoms with E-state index in [9.17, 15) is 14.4 Å². The Morgan fingerprint density at radius 2 is 1.42 bits per heavy atom. The molecule has 0 unspecified atom stereocenters. The molecule has 0 bridgehead atoms. The van der Waals surface area contributed by atoms with Crippen molar-refractivity contribution in [1.29, 1.82) is 0 Å². The Balaban J connectivity index is 0.928. The zero-order chi connectivity index (χ0) is 36.1. The lowest BCUT2D eigenvalue weighted by Gasteiger charge is -2.29. The Labute approximate surface area is 297 Å². The lowest BCUT2D eigenvalue weighted by atomic mass is 10.2. The smallest absolute Gasteiger partial charge is 0.292 e. The van der Waals surface area contributed by atoms with Crippen LogP contribution in [0.25, 0.3) is 33.6 Å². The number of hydrogen-bond donors (Lipinski definition) is 5. The number of nitrogens with one attached hydrogen (secondary N) is 5. The number of hydrogen-bond acceptors (Lipinski definition) is 8. The number of aryl methyl sites for hydroxylation is 4. The van der Waals surface area contributed by atoms with E-state index in [1.165, 1.54) is 4.57 Å². The molecule has 1 aliphatic rings. The van der Waals surface area contributed by atoms with Crippen molar-refractivity contribution >= 4 is 62.7 Å². The number of imidazole rings is 3. The maximum atomic E-state index is 13.4. The van der Waals surface area contributed by atoms with Crippen LogP contribution in [-0.2, 0) is 28.2 Å². The van der Waals surface area contributed by atoms with Gasteiger partial charge < -0.3 is 49.4 Å². The number of benzene rings is 2. The van der Waals surface area contributed by atoms with Crippen LogP contribution < -0.4 is 26.2 Å². The third-order valence-electron chi connectivity index (χ3n) is 9.26. The van der Waals surface area contributed by atoms with Crippen LogP contribution in [0.3, 0.4) is 0 Å². The molecule has 2 aromatic carbocycles. The van der Waals surface area contributed by atoms with Gasteiger partial charge in [0.2, 0.25) is 5.82 Å². The van der Waals surface area contributed by atoms with Gasteiger partial charge in [0, 0.05) is 78.6 Å². The lowest BCUT2D eigenvalue weighted by Crippen LogP contribution is -2.43. The summed E-state index contributed by atoms with van der Waals surface area (Å²) in [7, 11) is 7.04. The molecule has 0 saturated carbocycles. The number of amides is 3. The fourth-order valence-corrected chi connectivity index (χ4v) is 6.60. The van der Waals surface area contributed by atoms with Crippen LogP contribution in [0.15, 0.2) is 73.2 Å². The summed E-state index contributed by atoms with van der Waals surface area (Å²) < 4.78 is 6.75. The maximum absolute atomic E-state index is 13.4. The van der Waals surface area contributed by atoms with Gasteiger partial charge in [0.1, 0.15) is 5.69 Å². The second-order valence-electron chi connectivity index (χ2n) is 12.9. The number of carbonyl (C=O) groups excluding carboxylic acids is 3. The van der Waals surface area contributed by atoms with E-state index in [0.717, 1.165) is 54.1 Å². The van der Waals surface area contributed by atoms with Gasteiger partial charge in [0.15, 0.2) is 17.5 Å². The van der Waals surface area contributed by atoms with Crippen LogP contribution in [0.4, 0.5) is 22.9 Å². The molecule has 5 N–H and O–H groups in total. The van der Waals surface area contributed by atoms with E-state index in [1.54, 1.807) is 48.7 Å². The molecule has 0 atom stereocenters. The number of para-hydroxylation sites is 2. The third kappa shape index (κ3) is 6.04. The zero-order valence-corrected chi connectivity index (χ0v) is 29.1. The van der Waals surface area contributed by atoms with Crippen LogP contribution in [0.5, 0.6) is 0 Å². The molecule has 8 rings (SSSR count). The lowest BCUT2D eigenvalue weighted by molar-refractivity contribution is 0.0999. The molecular weight excluding hydrogens is 662 g/mol. The highest BCUT2D eigenvalue weighted by atomic mass is 16.2. The summed E-state index contributed by atoms with van der Waals surface area (Å²) in [5, 5.41) is 11.9. The third-order valence-corrected chi connectivity index (χ3v) is 9.26. The standard InChI is InChI=1S/C36H37N13O3/c1-45-18-21(15-28(45)31-40-24-10-9-23(17-26(24)41-31)49-13-11-37-12-14-49)38-34(50)29-16-22(19-46(29)2)39-35(51)32-43-30(20-47(32)3)44-36(52)33-42-25-7-5-6-8-27(25)48(33)4/h5-10,15-20,37H,11-14H2,1-4H3,(H,38,50)(H,39,51)(H,40,41)(H,44,52). The Hall–Kier alpha value is -6.68. The van der Waals surface area contributed by atoms with Gasteiger partial charge in [-0.05, 0) is 42.5 Å². The van der Waals surface area contributed by atoms with E-state index < -0.39 is 11.8 Å². The quantitative estimate of drug-likeness (QED) is 0.160. The molecule has 0 spiro atoms. The second-order valence-corrected chi connectivity index (χ2v) is 12.9. The first-order valence-electron chi connectivity index (χ1n) is 16.8. The fraction of sp³-hybridized carbons (Fsp3) is 0.222. The number of aromatic amines is 1. The number of carbonyl (C=O) groups is 3. The van der Waals surface area contributed by atoms with Crippen LogP contribution in [0.1, 0.15) is 31.7 Å². The maximum Gasteiger partial charge on any atom is 0.292 e. The Bertz CT molecular complexity index is 2510. The summed E-state index contributed by atoms with van der Waals surface area (Å²) in [5.74, 6) is -0.141. The van der Waals surface area contributed by atoms with E-state index >= 15 is 0 Å². The summed E-state index contributed by atoms with van der Waals surface area (Å²) in [6, 6.07) is 17.2. The van der Waals surface area contributed by atoms with Gasteiger partial charge in [-0.1, -0.05) is 12.1 Å². The average molecular weight is 700 g/mol. The first-order chi connectivity index (χ1) is 25.1. The van der Waals surface area contributed by atoms with E-state index in [4.69, 9.17) is 4.98 Å². The van der Waals surface area contributed by atoms with Crippen molar-refractivity contribution < 1.29 is 14.4 Å². The predicted octanol–water partition coefficient (Wildman–Crippen LogP) is 3.69. The van der Waals surface area contributed by atoms with Crippen LogP contribution in [-0.4, -0.2) is 82.1 Å². The molecule has 16 heteroatoms. The fourth-order valence-electron chi connectivity index (χ4n) is 6.60. The van der Waals surface area contributed by atoms with E-state index in [2.05, 4.69) is 59.3 Å². The van der Waals surface area contributed by atoms with Crippen molar-refractivity contribution in [2.45, 2.75) is 0 Å². The van der Waals surface area contributed by atoms with Gasteiger partial charge in [-0.25, -0.2) is 15.0 Å². The van der Waals surface area contributed by atoms with E-state index in [-0.39, 0.29) is 23.4 Å². The number of piperazine rings is 1. The van der Waals surface area contributed by atoms with Crippen molar-refractivity contribution in [3.63, 3.8) is 0 Å².